The Labute approximate surface area is 81.6 Å². The molecule has 0 amide bonds. The predicted molar refractivity (Wildman–Crippen MR) is 50.3 cm³/mol. The number of rotatable bonds is 0. The number of fused-ring (bicyclic) bond motifs is 1. The van der Waals surface area contributed by atoms with Gasteiger partial charge < -0.3 is 0 Å². The van der Waals surface area contributed by atoms with E-state index in [1.165, 1.54) is 5.39 Å². The molecule has 2 aromatic rings. The van der Waals surface area contributed by atoms with Crippen molar-refractivity contribution in [1.29, 1.82) is 0 Å². The highest BCUT2D eigenvalue weighted by molar-refractivity contribution is 5.77. The molecule has 2 rings (SSSR count). The van der Waals surface area contributed by atoms with Gasteiger partial charge in [-0.2, -0.15) is 0 Å². The summed E-state index contributed by atoms with van der Waals surface area (Å²) >= 11 is 0. The minimum absolute atomic E-state index is 0. The van der Waals surface area contributed by atoms with Crippen LogP contribution in [0.5, 0.6) is 0 Å². The molecule has 0 atom stereocenters. The molecule has 2 heteroatoms. The van der Waals surface area contributed by atoms with E-state index in [-0.39, 0.29) is 23.1 Å². The van der Waals surface area contributed by atoms with E-state index in [0.717, 1.165) is 5.52 Å². The van der Waals surface area contributed by atoms with Gasteiger partial charge in [-0.3, -0.25) is 4.98 Å². The molecule has 0 fully saturated rings. The van der Waals surface area contributed by atoms with E-state index in [0.29, 0.717) is 0 Å². The molecule has 0 aliphatic rings. The van der Waals surface area contributed by atoms with Crippen LogP contribution in [0, 0.1) is 0 Å². The van der Waals surface area contributed by atoms with Crippen molar-refractivity contribution in [3.8, 4) is 0 Å². The first-order valence-electron chi connectivity index (χ1n) is 3.26. The molecule has 1 aromatic heterocycles. The molecule has 0 spiro atoms. The maximum Gasteiger partial charge on any atom is 0.316 e. The highest BCUT2D eigenvalue weighted by atomic mass is 24.3. The molecule has 0 aliphatic carbocycles. The van der Waals surface area contributed by atoms with Crippen molar-refractivity contribution in [2.75, 3.05) is 0 Å². The van der Waals surface area contributed by atoms with Crippen LogP contribution in [0.15, 0.2) is 42.6 Å². The summed E-state index contributed by atoms with van der Waals surface area (Å²) < 4.78 is 0. The van der Waals surface area contributed by atoms with Crippen LogP contribution in [0.25, 0.3) is 10.9 Å². The van der Waals surface area contributed by atoms with Gasteiger partial charge in [0.2, 0.25) is 0 Å². The van der Waals surface area contributed by atoms with E-state index in [9.17, 15) is 0 Å². The topological polar surface area (TPSA) is 12.9 Å². The zero-order valence-electron chi connectivity index (χ0n) is 5.49. The number of benzene rings is 1. The Balaban J connectivity index is 0.000000605. The molecule has 0 saturated carbocycles. The summed E-state index contributed by atoms with van der Waals surface area (Å²) in [5.74, 6) is 0. The van der Waals surface area contributed by atoms with Gasteiger partial charge in [-0.25, -0.2) is 0 Å². The number of hydrogen-bond donors (Lipinski definition) is 0. The zero-order valence-corrected chi connectivity index (χ0v) is 5.49. The lowest BCUT2D eigenvalue weighted by atomic mass is 10.2. The van der Waals surface area contributed by atoms with E-state index >= 15 is 0 Å². The van der Waals surface area contributed by atoms with E-state index in [2.05, 4.69) is 17.1 Å². The lowest BCUT2D eigenvalue weighted by Crippen LogP contribution is -1.73. The number of aromatic nitrogens is 1. The number of hydrogen-bond acceptors (Lipinski definition) is 1. The van der Waals surface area contributed by atoms with Gasteiger partial charge in [0.25, 0.3) is 0 Å². The Morgan fingerprint density at radius 3 is 2.45 bits per heavy atom. The van der Waals surface area contributed by atoms with Crippen molar-refractivity contribution >= 4 is 34.0 Å². The first-order chi connectivity index (χ1) is 4.97. The Morgan fingerprint density at radius 2 is 1.64 bits per heavy atom. The van der Waals surface area contributed by atoms with E-state index < -0.39 is 0 Å². The minimum Gasteiger partial charge on any atom is -0.256 e. The van der Waals surface area contributed by atoms with E-state index in [1.807, 2.05) is 30.5 Å². The van der Waals surface area contributed by atoms with Gasteiger partial charge in [0.15, 0.2) is 0 Å². The van der Waals surface area contributed by atoms with Crippen LogP contribution in [0.3, 0.4) is 0 Å². The molecule has 1 heterocycles. The van der Waals surface area contributed by atoms with Crippen molar-refractivity contribution < 1.29 is 0 Å². The molecule has 0 unspecified atom stereocenters. The monoisotopic (exact) mass is 155 g/mol. The summed E-state index contributed by atoms with van der Waals surface area (Å²) in [5, 5.41) is 1.20. The Hall–Kier alpha value is -0.604. The number of nitrogens with zero attached hydrogens (tertiary/aromatic N) is 1. The molecule has 0 N–H and O–H groups in total. The average Bonchev–Trinajstić information content (AvgIpc) is 2.05. The fourth-order valence-electron chi connectivity index (χ4n) is 1.02. The van der Waals surface area contributed by atoms with Crippen LogP contribution in [-0.2, 0) is 0 Å². The normalized spacial score (nSPS) is 9.09. The van der Waals surface area contributed by atoms with Crippen LogP contribution in [0.4, 0.5) is 0 Å². The van der Waals surface area contributed by atoms with Crippen LogP contribution in [0.1, 0.15) is 0 Å². The Bertz CT molecular complexity index is 281. The zero-order chi connectivity index (χ0) is 6.81. The Morgan fingerprint density at radius 1 is 0.909 bits per heavy atom. The van der Waals surface area contributed by atoms with Crippen LogP contribution < -0.4 is 0 Å². The lowest BCUT2D eigenvalue weighted by molar-refractivity contribution is 1.41. The summed E-state index contributed by atoms with van der Waals surface area (Å²) in [5.41, 5.74) is 1.06. The smallest absolute Gasteiger partial charge is 0.256 e. The van der Waals surface area contributed by atoms with Crippen LogP contribution in [-0.4, -0.2) is 28.0 Å². The van der Waals surface area contributed by atoms with Gasteiger partial charge in [-0.15, -0.1) is 0 Å². The molecule has 1 aromatic carbocycles. The van der Waals surface area contributed by atoms with E-state index in [1.54, 1.807) is 0 Å². The fourth-order valence-corrected chi connectivity index (χ4v) is 1.02. The second kappa shape index (κ2) is 3.69. The van der Waals surface area contributed by atoms with Gasteiger partial charge in [0.05, 0.1) is 5.52 Å². The van der Waals surface area contributed by atoms with Crippen LogP contribution >= 0.6 is 0 Å². The standard InChI is InChI=1S/C9H7N.Mg.2H/c1-2-6-9-8(4-1)5-3-7-10-9;;;/h1-7H;;;. The third-order valence-electron chi connectivity index (χ3n) is 1.51. The lowest BCUT2D eigenvalue weighted by Gasteiger charge is -1.91. The SMILES string of the molecule is [MgH2].c1ccc2ncccc2c1. The quantitative estimate of drug-likeness (QED) is 0.523. The summed E-state index contributed by atoms with van der Waals surface area (Å²) in [6.07, 6.45) is 1.81. The van der Waals surface area contributed by atoms with Crippen molar-refractivity contribution in [2.24, 2.45) is 0 Å². The second-order valence-electron chi connectivity index (χ2n) is 2.20. The number of pyridine rings is 1. The molecular weight excluding hydrogens is 146 g/mol. The van der Waals surface area contributed by atoms with Crippen molar-refractivity contribution in [2.45, 2.75) is 0 Å². The highest BCUT2D eigenvalue weighted by Crippen LogP contribution is 2.07. The molecule has 0 aliphatic heterocycles. The maximum atomic E-state index is 4.18. The van der Waals surface area contributed by atoms with Gasteiger partial charge in [0, 0.05) is 11.6 Å². The van der Waals surface area contributed by atoms with Crippen molar-refractivity contribution in [3.63, 3.8) is 0 Å². The summed E-state index contributed by atoms with van der Waals surface area (Å²) in [7, 11) is 0. The van der Waals surface area contributed by atoms with Gasteiger partial charge in [0.1, 0.15) is 0 Å². The average molecular weight is 155 g/mol. The molecule has 52 valence electrons. The molecule has 1 nitrogen and oxygen atoms in total. The van der Waals surface area contributed by atoms with Crippen molar-refractivity contribution in [3.05, 3.63) is 42.6 Å². The molecule has 0 bridgehead atoms. The van der Waals surface area contributed by atoms with Crippen LogP contribution in [0.2, 0.25) is 0 Å². The first kappa shape index (κ1) is 8.49. The number of para-hydroxylation sites is 1. The molecule has 11 heavy (non-hydrogen) atoms. The first-order valence-corrected chi connectivity index (χ1v) is 3.26. The van der Waals surface area contributed by atoms with Gasteiger partial charge in [-0.05, 0) is 12.1 Å². The predicted octanol–water partition coefficient (Wildman–Crippen LogP) is 1.32. The third-order valence-corrected chi connectivity index (χ3v) is 1.51. The summed E-state index contributed by atoms with van der Waals surface area (Å²) in [6, 6.07) is 12.1. The third kappa shape index (κ3) is 1.70. The fraction of sp³-hybridized carbons (Fsp3) is 0. The maximum absolute atomic E-state index is 4.18. The summed E-state index contributed by atoms with van der Waals surface area (Å²) in [6.45, 7) is 0. The highest BCUT2D eigenvalue weighted by Gasteiger charge is 1.86. The molecule has 0 radical (unpaired) electrons. The van der Waals surface area contributed by atoms with Gasteiger partial charge >= 0.3 is 23.1 Å². The summed E-state index contributed by atoms with van der Waals surface area (Å²) in [4.78, 5) is 4.18. The van der Waals surface area contributed by atoms with Gasteiger partial charge in [-0.1, -0.05) is 24.3 Å². The Kier molecular flexibility index (Phi) is 2.85. The molecular formula is C9H9MgN. The minimum atomic E-state index is 0. The van der Waals surface area contributed by atoms with Crippen molar-refractivity contribution in [1.82, 2.24) is 4.98 Å². The molecule has 0 saturated heterocycles. The largest absolute Gasteiger partial charge is 0.316 e. The van der Waals surface area contributed by atoms with E-state index in [4.69, 9.17) is 0 Å². The second-order valence-corrected chi connectivity index (χ2v) is 2.20.